The third-order valence-electron chi connectivity index (χ3n) is 10.8. The van der Waals surface area contributed by atoms with Gasteiger partial charge in [0.05, 0.1) is 18.8 Å². The van der Waals surface area contributed by atoms with Crippen LogP contribution in [0.25, 0.3) is 0 Å². The predicted molar refractivity (Wildman–Crippen MR) is 233 cm³/mol. The molecule has 0 bridgehead atoms. The fourth-order valence-electron chi connectivity index (χ4n) is 7.13. The first-order valence-corrected chi connectivity index (χ1v) is 23.4. The van der Waals surface area contributed by atoms with Gasteiger partial charge in [0, 0.05) is 0 Å². The van der Waals surface area contributed by atoms with Crippen LogP contribution in [-0.4, -0.2) is 57.3 Å². The molecule has 0 fully saturated rings. The zero-order chi connectivity index (χ0) is 39.6. The summed E-state index contributed by atoms with van der Waals surface area (Å²) in [6.07, 6.45) is 50.8. The molecule has 0 aromatic carbocycles. The van der Waals surface area contributed by atoms with E-state index in [4.69, 9.17) is 0 Å². The summed E-state index contributed by atoms with van der Waals surface area (Å²) in [5, 5.41) is 43.4. The van der Waals surface area contributed by atoms with Crippen molar-refractivity contribution < 1.29 is 25.2 Å². The van der Waals surface area contributed by atoms with E-state index < -0.39 is 36.9 Å². The second-order valence-corrected chi connectivity index (χ2v) is 16.1. The highest BCUT2D eigenvalue weighted by molar-refractivity contribution is 5.80. The largest absolute Gasteiger partial charge is 0.394 e. The average Bonchev–Trinajstić information content (AvgIpc) is 3.18. The molecule has 4 atom stereocenters. The smallest absolute Gasteiger partial charge is 0.249 e. The summed E-state index contributed by atoms with van der Waals surface area (Å²) in [5.74, 6) is -0.600. The van der Waals surface area contributed by atoms with E-state index in [-0.39, 0.29) is 0 Å². The number of hydrogen-bond acceptors (Lipinski definition) is 5. The van der Waals surface area contributed by atoms with E-state index in [9.17, 15) is 25.2 Å². The molecule has 54 heavy (non-hydrogen) atoms. The van der Waals surface area contributed by atoms with Crippen molar-refractivity contribution in [2.24, 2.45) is 0 Å². The molecule has 0 saturated carbocycles. The van der Waals surface area contributed by atoms with Crippen LogP contribution in [0, 0.1) is 0 Å². The fourth-order valence-corrected chi connectivity index (χ4v) is 7.13. The van der Waals surface area contributed by atoms with Gasteiger partial charge in [0.2, 0.25) is 5.91 Å². The number of carbonyl (C=O) groups is 1. The first-order valence-electron chi connectivity index (χ1n) is 23.4. The zero-order valence-electron chi connectivity index (χ0n) is 35.7. The highest BCUT2D eigenvalue weighted by atomic mass is 16.3. The Morgan fingerprint density at radius 1 is 0.463 bits per heavy atom. The molecule has 0 aliphatic rings. The number of rotatable bonds is 42. The molecule has 0 spiro atoms. The summed E-state index contributed by atoms with van der Waals surface area (Å²) in [5.41, 5.74) is 0. The molecule has 1 amide bonds. The van der Waals surface area contributed by atoms with Gasteiger partial charge >= 0.3 is 0 Å². The maximum atomic E-state index is 12.5. The van der Waals surface area contributed by atoms with Crippen LogP contribution in [0.4, 0.5) is 0 Å². The lowest BCUT2D eigenvalue weighted by Gasteiger charge is -2.27. The molecule has 0 aromatic heterocycles. The normalized spacial score (nSPS) is 14.4. The van der Waals surface area contributed by atoms with Crippen molar-refractivity contribution in [2.45, 2.75) is 257 Å². The molecule has 318 valence electrons. The summed E-state index contributed by atoms with van der Waals surface area (Å²) in [4.78, 5) is 12.5. The summed E-state index contributed by atoms with van der Waals surface area (Å²) in [6.45, 7) is 3.91. The molecule has 0 aromatic rings. The molecule has 6 nitrogen and oxygen atoms in total. The molecule has 0 saturated heterocycles. The van der Waals surface area contributed by atoms with Gasteiger partial charge in [0.25, 0.3) is 0 Å². The van der Waals surface area contributed by atoms with Crippen LogP contribution in [0.1, 0.15) is 232 Å². The van der Waals surface area contributed by atoms with Crippen molar-refractivity contribution in [2.75, 3.05) is 6.61 Å². The summed E-state index contributed by atoms with van der Waals surface area (Å²) >= 11 is 0. The van der Waals surface area contributed by atoms with Crippen LogP contribution >= 0.6 is 0 Å². The Hall–Kier alpha value is -1.47. The van der Waals surface area contributed by atoms with Crippen LogP contribution in [0.15, 0.2) is 36.5 Å². The molecule has 0 rings (SSSR count). The van der Waals surface area contributed by atoms with E-state index in [1.54, 1.807) is 0 Å². The van der Waals surface area contributed by atoms with E-state index in [1.807, 2.05) is 0 Å². The Balaban J connectivity index is 3.59. The van der Waals surface area contributed by atoms with Gasteiger partial charge in [-0.05, 0) is 70.6 Å². The molecule has 4 unspecified atom stereocenters. The van der Waals surface area contributed by atoms with E-state index in [0.717, 1.165) is 44.9 Å². The number of hydrogen-bond donors (Lipinski definition) is 5. The standard InChI is InChI=1S/C48H91NO5/c1-3-5-7-9-11-13-14-15-16-17-18-19-20-21-22-23-24-25-26-27-28-29-30-31-32-34-36-38-40-42-46(52)48(54)49-44(43-50)47(53)45(51)41-39-37-35-33-12-10-8-6-4-2/h6,8,21-22,33,35,44-47,50-53H,3-5,7,9-20,23-32,34,36-43H2,1-2H3,(H,49,54)/b8-6+,22-21-,35-33+. The Morgan fingerprint density at radius 2 is 0.833 bits per heavy atom. The van der Waals surface area contributed by atoms with Crippen molar-refractivity contribution in [3.8, 4) is 0 Å². The molecule has 0 heterocycles. The van der Waals surface area contributed by atoms with Crippen LogP contribution in [-0.2, 0) is 4.79 Å². The number of allylic oxidation sites excluding steroid dienone is 6. The highest BCUT2D eigenvalue weighted by Gasteiger charge is 2.28. The van der Waals surface area contributed by atoms with Crippen molar-refractivity contribution in [1.29, 1.82) is 0 Å². The topological polar surface area (TPSA) is 110 Å². The van der Waals surface area contributed by atoms with Crippen molar-refractivity contribution in [3.05, 3.63) is 36.5 Å². The first-order chi connectivity index (χ1) is 26.5. The second kappa shape index (κ2) is 42.7. The fraction of sp³-hybridized carbons (Fsp3) is 0.854. The zero-order valence-corrected chi connectivity index (χ0v) is 35.7. The van der Waals surface area contributed by atoms with Crippen LogP contribution in [0.5, 0.6) is 0 Å². The van der Waals surface area contributed by atoms with E-state index in [1.165, 1.54) is 154 Å². The highest BCUT2D eigenvalue weighted by Crippen LogP contribution is 2.16. The van der Waals surface area contributed by atoms with Gasteiger partial charge in [-0.3, -0.25) is 4.79 Å². The number of aliphatic hydroxyl groups excluding tert-OH is 4. The summed E-state index contributed by atoms with van der Waals surface area (Å²) < 4.78 is 0. The Morgan fingerprint density at radius 3 is 1.26 bits per heavy atom. The minimum Gasteiger partial charge on any atom is -0.394 e. The SMILES string of the molecule is CC/C=C/CC/C=C/CCCC(O)C(O)C(CO)NC(=O)C(O)CCCCCCCCCCCCCCC/C=C\CCCCCCCCCCCCCC. The molecule has 0 radical (unpaired) electrons. The van der Waals surface area contributed by atoms with Crippen LogP contribution in [0.2, 0.25) is 0 Å². The van der Waals surface area contributed by atoms with Crippen molar-refractivity contribution in [1.82, 2.24) is 5.32 Å². The van der Waals surface area contributed by atoms with E-state index in [2.05, 4.69) is 55.6 Å². The lowest BCUT2D eigenvalue weighted by Crippen LogP contribution is -2.53. The third-order valence-corrected chi connectivity index (χ3v) is 10.8. The van der Waals surface area contributed by atoms with Gasteiger partial charge in [0.1, 0.15) is 12.2 Å². The average molecular weight is 762 g/mol. The second-order valence-electron chi connectivity index (χ2n) is 16.1. The molecule has 5 N–H and O–H groups in total. The lowest BCUT2D eigenvalue weighted by atomic mass is 10.00. The third kappa shape index (κ3) is 36.2. The Bertz CT molecular complexity index is 858. The molecule has 6 heteroatoms. The maximum Gasteiger partial charge on any atom is 0.249 e. The van der Waals surface area contributed by atoms with E-state index >= 15 is 0 Å². The van der Waals surface area contributed by atoms with E-state index in [0.29, 0.717) is 19.3 Å². The number of carbonyl (C=O) groups excluding carboxylic acids is 1. The van der Waals surface area contributed by atoms with Crippen LogP contribution in [0.3, 0.4) is 0 Å². The number of nitrogens with one attached hydrogen (secondary N) is 1. The number of aliphatic hydroxyl groups is 4. The number of unbranched alkanes of at least 4 members (excludes halogenated alkanes) is 27. The first kappa shape index (κ1) is 52.5. The number of amides is 1. The van der Waals surface area contributed by atoms with Gasteiger partial charge < -0.3 is 25.7 Å². The van der Waals surface area contributed by atoms with Crippen LogP contribution < -0.4 is 5.32 Å². The quantitative estimate of drug-likeness (QED) is 0.0314. The lowest BCUT2D eigenvalue weighted by molar-refractivity contribution is -0.132. The summed E-state index contributed by atoms with van der Waals surface area (Å²) in [7, 11) is 0. The monoisotopic (exact) mass is 762 g/mol. The molecular formula is C48H91NO5. The van der Waals surface area contributed by atoms with Gasteiger partial charge in [-0.15, -0.1) is 0 Å². The van der Waals surface area contributed by atoms with Gasteiger partial charge in [0.15, 0.2) is 0 Å². The van der Waals surface area contributed by atoms with Crippen molar-refractivity contribution >= 4 is 5.91 Å². The maximum absolute atomic E-state index is 12.5. The molecular weight excluding hydrogens is 671 g/mol. The van der Waals surface area contributed by atoms with Gasteiger partial charge in [-0.2, -0.15) is 0 Å². The molecule has 0 aliphatic heterocycles. The predicted octanol–water partition coefficient (Wildman–Crippen LogP) is 12.5. The Kier molecular flexibility index (Phi) is 41.5. The summed E-state index contributed by atoms with van der Waals surface area (Å²) in [6, 6.07) is -1.01. The van der Waals surface area contributed by atoms with Gasteiger partial charge in [-0.25, -0.2) is 0 Å². The minimum atomic E-state index is -1.29. The van der Waals surface area contributed by atoms with Crippen molar-refractivity contribution in [3.63, 3.8) is 0 Å². The molecule has 0 aliphatic carbocycles. The Labute approximate surface area is 335 Å². The van der Waals surface area contributed by atoms with Gasteiger partial charge in [-0.1, -0.05) is 198 Å². The minimum absolute atomic E-state index is 0.360.